The van der Waals surface area contributed by atoms with E-state index in [2.05, 4.69) is 57.2 Å². The van der Waals surface area contributed by atoms with E-state index in [1.54, 1.807) is 0 Å². The summed E-state index contributed by atoms with van der Waals surface area (Å²) in [7, 11) is 0. The third-order valence-corrected chi connectivity index (χ3v) is 7.80. The summed E-state index contributed by atoms with van der Waals surface area (Å²) in [5.74, 6) is 1.20. The van der Waals surface area contributed by atoms with E-state index in [9.17, 15) is 4.79 Å². The van der Waals surface area contributed by atoms with Gasteiger partial charge in [0.2, 0.25) is 0 Å². The molecule has 1 heteroatoms. The molecule has 186 valence electrons. The van der Waals surface area contributed by atoms with Gasteiger partial charge in [0.1, 0.15) is 0 Å². The third-order valence-electron chi connectivity index (χ3n) is 7.80. The van der Waals surface area contributed by atoms with Crippen LogP contribution in [0.5, 0.6) is 0 Å². The van der Waals surface area contributed by atoms with E-state index in [0.717, 1.165) is 24.3 Å². The second kappa shape index (κ2) is 14.5. The summed E-state index contributed by atoms with van der Waals surface area (Å²) in [5, 5.41) is 0. The first-order valence-corrected chi connectivity index (χ1v) is 14.4. The van der Waals surface area contributed by atoms with Crippen molar-refractivity contribution in [1.29, 1.82) is 0 Å². The van der Waals surface area contributed by atoms with E-state index < -0.39 is 0 Å². The zero-order valence-corrected chi connectivity index (χ0v) is 22.3. The lowest BCUT2D eigenvalue weighted by molar-refractivity contribution is 0.0979. The number of hydrogen-bond acceptors (Lipinski definition) is 1. The van der Waals surface area contributed by atoms with E-state index in [1.165, 1.54) is 111 Å². The van der Waals surface area contributed by atoms with Gasteiger partial charge in [0, 0.05) is 12.0 Å². The van der Waals surface area contributed by atoms with Gasteiger partial charge in [0.25, 0.3) is 0 Å². The van der Waals surface area contributed by atoms with Crippen molar-refractivity contribution in [2.75, 3.05) is 0 Å². The van der Waals surface area contributed by atoms with Crippen molar-refractivity contribution in [2.45, 2.75) is 124 Å². The van der Waals surface area contributed by atoms with Crippen LogP contribution in [0.25, 0.3) is 11.1 Å². The molecular formula is C33H48O. The molecule has 0 unspecified atom stereocenters. The van der Waals surface area contributed by atoms with Gasteiger partial charge in [-0.3, -0.25) is 4.79 Å². The Balaban J connectivity index is 1.55. The van der Waals surface area contributed by atoms with Gasteiger partial charge in [0.05, 0.1) is 0 Å². The van der Waals surface area contributed by atoms with Gasteiger partial charge in [-0.2, -0.15) is 0 Å². The molecule has 3 rings (SSSR count). The monoisotopic (exact) mass is 460 g/mol. The average molecular weight is 461 g/mol. The molecular weight excluding hydrogens is 412 g/mol. The molecule has 0 N–H and O–H groups in total. The number of unbranched alkanes of at least 4 members (excludes halogenated alkanes) is 7. The Kier molecular flexibility index (Phi) is 11.4. The first kappa shape index (κ1) is 26.7. The SMILES string of the molecule is CCCCCCCCC(=O)c1ccc2c(c1)Cc1cc(CCC(CCCC)CCCC)ccc1-2. The Morgan fingerprint density at radius 3 is 2.03 bits per heavy atom. The fourth-order valence-corrected chi connectivity index (χ4v) is 5.59. The van der Waals surface area contributed by atoms with Crippen molar-refractivity contribution in [3.05, 3.63) is 58.7 Å². The Hall–Kier alpha value is -1.89. The lowest BCUT2D eigenvalue weighted by Gasteiger charge is -2.16. The molecule has 1 aliphatic rings. The zero-order chi connectivity index (χ0) is 24.2. The molecule has 0 aliphatic heterocycles. The summed E-state index contributed by atoms with van der Waals surface area (Å²) in [6.45, 7) is 6.86. The number of Topliss-reactive ketones (excluding diaryl/α,β-unsaturated/α-hetero) is 1. The molecule has 2 aromatic rings. The van der Waals surface area contributed by atoms with Crippen molar-refractivity contribution in [3.8, 4) is 11.1 Å². The minimum Gasteiger partial charge on any atom is -0.294 e. The van der Waals surface area contributed by atoms with Gasteiger partial charge in [-0.25, -0.2) is 0 Å². The number of aryl methyl sites for hydroxylation is 1. The molecule has 0 bridgehead atoms. The van der Waals surface area contributed by atoms with Gasteiger partial charge >= 0.3 is 0 Å². The summed E-state index contributed by atoms with van der Waals surface area (Å²) in [6, 6.07) is 13.6. The van der Waals surface area contributed by atoms with Gasteiger partial charge in [-0.1, -0.05) is 122 Å². The number of hydrogen-bond donors (Lipinski definition) is 0. The zero-order valence-electron chi connectivity index (χ0n) is 22.3. The fourth-order valence-electron chi connectivity index (χ4n) is 5.59. The van der Waals surface area contributed by atoms with Gasteiger partial charge in [-0.15, -0.1) is 0 Å². The highest BCUT2D eigenvalue weighted by molar-refractivity contribution is 5.97. The third kappa shape index (κ3) is 7.82. The predicted molar refractivity (Wildman–Crippen MR) is 148 cm³/mol. The number of ketones is 1. The van der Waals surface area contributed by atoms with E-state index in [-0.39, 0.29) is 0 Å². The second-order valence-electron chi connectivity index (χ2n) is 10.7. The molecule has 0 atom stereocenters. The van der Waals surface area contributed by atoms with Gasteiger partial charge < -0.3 is 0 Å². The maximum atomic E-state index is 12.8. The Morgan fingerprint density at radius 2 is 1.32 bits per heavy atom. The summed E-state index contributed by atoms with van der Waals surface area (Å²) >= 11 is 0. The smallest absolute Gasteiger partial charge is 0.162 e. The van der Waals surface area contributed by atoms with Crippen molar-refractivity contribution >= 4 is 5.78 Å². The van der Waals surface area contributed by atoms with E-state index in [0.29, 0.717) is 12.2 Å². The van der Waals surface area contributed by atoms with Crippen molar-refractivity contribution in [3.63, 3.8) is 0 Å². The number of carbonyl (C=O) groups is 1. The molecule has 0 saturated carbocycles. The van der Waals surface area contributed by atoms with Gasteiger partial charge in [0.15, 0.2) is 5.78 Å². The topological polar surface area (TPSA) is 17.1 Å². The van der Waals surface area contributed by atoms with Crippen LogP contribution >= 0.6 is 0 Å². The predicted octanol–water partition coefficient (Wildman–Crippen LogP) is 10.1. The van der Waals surface area contributed by atoms with Crippen molar-refractivity contribution in [1.82, 2.24) is 0 Å². The van der Waals surface area contributed by atoms with Crippen LogP contribution in [-0.4, -0.2) is 5.78 Å². The minimum atomic E-state index is 0.320. The molecule has 0 spiro atoms. The highest BCUT2D eigenvalue weighted by Gasteiger charge is 2.20. The Morgan fingerprint density at radius 1 is 0.706 bits per heavy atom. The second-order valence-corrected chi connectivity index (χ2v) is 10.7. The van der Waals surface area contributed by atoms with Crippen LogP contribution in [0, 0.1) is 5.92 Å². The maximum Gasteiger partial charge on any atom is 0.162 e. The molecule has 0 heterocycles. The van der Waals surface area contributed by atoms with Crippen LogP contribution in [0.15, 0.2) is 36.4 Å². The summed E-state index contributed by atoms with van der Waals surface area (Å²) in [5.41, 5.74) is 7.90. The molecule has 1 aliphatic carbocycles. The molecule has 1 nitrogen and oxygen atoms in total. The standard InChI is InChI=1S/C33H48O/c1-4-7-10-11-12-13-16-33(34)28-20-22-32-30(24-28)25-29-23-27(19-21-31(29)32)18-17-26(14-8-5-2)15-9-6-3/h19-24,26H,4-18,25H2,1-3H3. The Bertz CT molecular complexity index is 885. The molecule has 0 amide bonds. The van der Waals surface area contributed by atoms with Crippen LogP contribution in [0.2, 0.25) is 0 Å². The molecule has 0 saturated heterocycles. The number of carbonyl (C=O) groups excluding carboxylic acids is 1. The first-order chi connectivity index (χ1) is 16.7. The highest BCUT2D eigenvalue weighted by atomic mass is 16.1. The van der Waals surface area contributed by atoms with E-state index >= 15 is 0 Å². The molecule has 34 heavy (non-hydrogen) atoms. The average Bonchev–Trinajstić information content (AvgIpc) is 3.22. The van der Waals surface area contributed by atoms with E-state index in [1.807, 2.05) is 0 Å². The molecule has 0 radical (unpaired) electrons. The van der Waals surface area contributed by atoms with Crippen LogP contribution in [0.3, 0.4) is 0 Å². The molecule has 0 fully saturated rings. The largest absolute Gasteiger partial charge is 0.294 e. The van der Waals surface area contributed by atoms with Crippen LogP contribution in [-0.2, 0) is 12.8 Å². The highest BCUT2D eigenvalue weighted by Crippen LogP contribution is 2.38. The number of rotatable bonds is 17. The summed E-state index contributed by atoms with van der Waals surface area (Å²) in [6.07, 6.45) is 19.7. The number of benzene rings is 2. The Labute approximate surface area is 209 Å². The maximum absolute atomic E-state index is 12.8. The molecule has 0 aromatic heterocycles. The fraction of sp³-hybridized carbons (Fsp3) is 0.606. The first-order valence-electron chi connectivity index (χ1n) is 14.4. The quantitative estimate of drug-likeness (QED) is 0.145. The van der Waals surface area contributed by atoms with Crippen LogP contribution in [0.1, 0.15) is 138 Å². The number of fused-ring (bicyclic) bond motifs is 3. The van der Waals surface area contributed by atoms with Crippen molar-refractivity contribution in [2.24, 2.45) is 5.92 Å². The van der Waals surface area contributed by atoms with Crippen molar-refractivity contribution < 1.29 is 4.79 Å². The van der Waals surface area contributed by atoms with Crippen LogP contribution < -0.4 is 0 Å². The summed E-state index contributed by atoms with van der Waals surface area (Å²) < 4.78 is 0. The lowest BCUT2D eigenvalue weighted by Crippen LogP contribution is -2.03. The minimum absolute atomic E-state index is 0.320. The normalized spacial score (nSPS) is 12.2. The lowest BCUT2D eigenvalue weighted by atomic mass is 9.89. The van der Waals surface area contributed by atoms with Gasteiger partial charge in [-0.05, 0) is 65.5 Å². The summed E-state index contributed by atoms with van der Waals surface area (Å²) in [4.78, 5) is 12.8. The van der Waals surface area contributed by atoms with Crippen LogP contribution in [0.4, 0.5) is 0 Å². The molecule has 2 aromatic carbocycles. The van der Waals surface area contributed by atoms with E-state index in [4.69, 9.17) is 0 Å².